The quantitative estimate of drug-likeness (QED) is 0.853. The lowest BCUT2D eigenvalue weighted by molar-refractivity contribution is 0.0777. The smallest absolute Gasteiger partial charge is 0.140 e. The number of rotatable bonds is 5. The second-order valence-corrected chi connectivity index (χ2v) is 4.43. The fraction of sp³-hybridized carbons (Fsp3) is 0.462. The van der Waals surface area contributed by atoms with Crippen LogP contribution in [0.1, 0.15) is 31.4 Å². The SMILES string of the molecule is CCC(C)(N)COCc1ccc(F)c(C#N)c1. The molecule has 1 atom stereocenters. The molecule has 1 aromatic rings. The zero-order valence-corrected chi connectivity index (χ0v) is 10.2. The van der Waals surface area contributed by atoms with Crippen LogP contribution in [0.25, 0.3) is 0 Å². The van der Waals surface area contributed by atoms with Gasteiger partial charge in [-0.3, -0.25) is 0 Å². The Kier molecular flexibility index (Phi) is 4.62. The van der Waals surface area contributed by atoms with E-state index in [1.165, 1.54) is 12.1 Å². The summed E-state index contributed by atoms with van der Waals surface area (Å²) >= 11 is 0. The van der Waals surface area contributed by atoms with Gasteiger partial charge >= 0.3 is 0 Å². The molecule has 4 heteroatoms. The molecule has 3 nitrogen and oxygen atoms in total. The number of benzene rings is 1. The van der Waals surface area contributed by atoms with Crippen molar-refractivity contribution in [3.05, 3.63) is 35.1 Å². The van der Waals surface area contributed by atoms with Gasteiger partial charge in [-0.25, -0.2) is 4.39 Å². The molecular weight excluding hydrogens is 219 g/mol. The van der Waals surface area contributed by atoms with E-state index in [1.807, 2.05) is 13.8 Å². The van der Waals surface area contributed by atoms with Crippen molar-refractivity contribution in [3.8, 4) is 6.07 Å². The highest BCUT2D eigenvalue weighted by Gasteiger charge is 2.15. The van der Waals surface area contributed by atoms with Gasteiger partial charge in [0.05, 0.1) is 18.8 Å². The summed E-state index contributed by atoms with van der Waals surface area (Å²) in [6.07, 6.45) is 0.819. The maximum atomic E-state index is 13.1. The van der Waals surface area contributed by atoms with Crippen molar-refractivity contribution in [3.63, 3.8) is 0 Å². The molecule has 0 aromatic heterocycles. The van der Waals surface area contributed by atoms with Gasteiger partial charge in [-0.15, -0.1) is 0 Å². The number of hydrogen-bond donors (Lipinski definition) is 1. The number of ether oxygens (including phenoxy) is 1. The lowest BCUT2D eigenvalue weighted by Gasteiger charge is -2.22. The molecule has 17 heavy (non-hydrogen) atoms. The largest absolute Gasteiger partial charge is 0.375 e. The first-order chi connectivity index (χ1) is 7.98. The molecule has 2 N–H and O–H groups in total. The van der Waals surface area contributed by atoms with E-state index in [0.717, 1.165) is 12.0 Å². The van der Waals surface area contributed by atoms with Gasteiger partial charge < -0.3 is 10.5 Å². The maximum Gasteiger partial charge on any atom is 0.140 e. The van der Waals surface area contributed by atoms with Gasteiger partial charge in [-0.05, 0) is 31.0 Å². The fourth-order valence-corrected chi connectivity index (χ4v) is 1.25. The van der Waals surface area contributed by atoms with E-state index in [9.17, 15) is 4.39 Å². The Morgan fingerprint density at radius 2 is 2.24 bits per heavy atom. The molecule has 0 aliphatic heterocycles. The number of halogens is 1. The van der Waals surface area contributed by atoms with E-state index < -0.39 is 5.82 Å². The first-order valence-electron chi connectivity index (χ1n) is 5.53. The molecule has 0 saturated heterocycles. The van der Waals surface area contributed by atoms with E-state index in [0.29, 0.717) is 13.2 Å². The average Bonchev–Trinajstić information content (AvgIpc) is 2.31. The minimum absolute atomic E-state index is 0.0390. The monoisotopic (exact) mass is 236 g/mol. The molecule has 0 fully saturated rings. The molecule has 0 heterocycles. The second kappa shape index (κ2) is 5.76. The third-order valence-corrected chi connectivity index (χ3v) is 2.66. The maximum absolute atomic E-state index is 13.1. The second-order valence-electron chi connectivity index (χ2n) is 4.43. The fourth-order valence-electron chi connectivity index (χ4n) is 1.25. The molecule has 0 aliphatic carbocycles. The highest BCUT2D eigenvalue weighted by atomic mass is 19.1. The molecule has 1 rings (SSSR count). The van der Waals surface area contributed by atoms with Crippen molar-refractivity contribution in [2.24, 2.45) is 5.73 Å². The summed E-state index contributed by atoms with van der Waals surface area (Å²) in [5.74, 6) is -0.506. The summed E-state index contributed by atoms with van der Waals surface area (Å²) in [6, 6.07) is 6.18. The zero-order valence-electron chi connectivity index (χ0n) is 10.2. The molecule has 0 saturated carbocycles. The van der Waals surface area contributed by atoms with Crippen molar-refractivity contribution in [2.45, 2.75) is 32.4 Å². The first-order valence-corrected chi connectivity index (χ1v) is 5.53. The summed E-state index contributed by atoms with van der Waals surface area (Å²) in [5, 5.41) is 8.68. The Balaban J connectivity index is 2.56. The van der Waals surface area contributed by atoms with Crippen molar-refractivity contribution >= 4 is 0 Å². The Hall–Kier alpha value is -1.44. The van der Waals surface area contributed by atoms with Gasteiger partial charge in [0.15, 0.2) is 0 Å². The molecule has 0 aliphatic rings. The van der Waals surface area contributed by atoms with E-state index in [1.54, 1.807) is 12.1 Å². The highest BCUT2D eigenvalue weighted by Crippen LogP contribution is 2.12. The van der Waals surface area contributed by atoms with Crippen LogP contribution in [0.15, 0.2) is 18.2 Å². The van der Waals surface area contributed by atoms with Gasteiger partial charge in [0, 0.05) is 5.54 Å². The average molecular weight is 236 g/mol. The van der Waals surface area contributed by atoms with E-state index in [4.69, 9.17) is 15.7 Å². The van der Waals surface area contributed by atoms with Crippen LogP contribution < -0.4 is 5.73 Å². The molecule has 0 spiro atoms. The summed E-state index contributed by atoms with van der Waals surface area (Å²) in [7, 11) is 0. The van der Waals surface area contributed by atoms with Crippen molar-refractivity contribution < 1.29 is 9.13 Å². The number of nitrogens with two attached hydrogens (primary N) is 1. The van der Waals surface area contributed by atoms with Crippen LogP contribution in [0, 0.1) is 17.1 Å². The summed E-state index contributed by atoms with van der Waals surface area (Å²) in [4.78, 5) is 0. The van der Waals surface area contributed by atoms with Gasteiger partial charge in [-0.2, -0.15) is 5.26 Å². The van der Waals surface area contributed by atoms with Crippen LogP contribution in [-0.2, 0) is 11.3 Å². The van der Waals surface area contributed by atoms with Gasteiger partial charge in [0.1, 0.15) is 11.9 Å². The number of nitrogens with zero attached hydrogens (tertiary/aromatic N) is 1. The molecule has 0 amide bonds. The molecule has 1 unspecified atom stereocenters. The zero-order chi connectivity index (χ0) is 12.9. The van der Waals surface area contributed by atoms with E-state index in [-0.39, 0.29) is 11.1 Å². The third kappa shape index (κ3) is 4.14. The Labute approximate surface area is 101 Å². The molecule has 92 valence electrons. The summed E-state index contributed by atoms with van der Waals surface area (Å²) < 4.78 is 18.5. The predicted octanol–water partition coefficient (Wildman–Crippen LogP) is 2.34. The Morgan fingerprint density at radius 3 is 2.82 bits per heavy atom. The molecule has 0 bridgehead atoms. The Bertz CT molecular complexity index is 424. The van der Waals surface area contributed by atoms with E-state index in [2.05, 4.69) is 0 Å². The summed E-state index contributed by atoms with van der Waals surface area (Å²) in [6.45, 7) is 4.68. The molecule has 1 aromatic carbocycles. The van der Waals surface area contributed by atoms with Crippen LogP contribution in [0.3, 0.4) is 0 Å². The van der Waals surface area contributed by atoms with Gasteiger partial charge in [0.25, 0.3) is 0 Å². The van der Waals surface area contributed by atoms with Crippen LogP contribution in [0.5, 0.6) is 0 Å². The van der Waals surface area contributed by atoms with Crippen LogP contribution in [-0.4, -0.2) is 12.1 Å². The van der Waals surface area contributed by atoms with Crippen molar-refractivity contribution in [1.82, 2.24) is 0 Å². The highest BCUT2D eigenvalue weighted by molar-refractivity contribution is 5.34. The molecular formula is C13H17FN2O. The van der Waals surface area contributed by atoms with Gasteiger partial charge in [-0.1, -0.05) is 13.0 Å². The van der Waals surface area contributed by atoms with Crippen LogP contribution >= 0.6 is 0 Å². The van der Waals surface area contributed by atoms with Crippen LogP contribution in [0.2, 0.25) is 0 Å². The topological polar surface area (TPSA) is 59.0 Å². The minimum Gasteiger partial charge on any atom is -0.375 e. The minimum atomic E-state index is -0.506. The van der Waals surface area contributed by atoms with Crippen LogP contribution in [0.4, 0.5) is 4.39 Å². The predicted molar refractivity (Wildman–Crippen MR) is 63.7 cm³/mol. The number of nitriles is 1. The normalized spacial score (nSPS) is 14.1. The number of hydrogen-bond acceptors (Lipinski definition) is 3. The lowest BCUT2D eigenvalue weighted by atomic mass is 10.0. The van der Waals surface area contributed by atoms with Gasteiger partial charge in [0.2, 0.25) is 0 Å². The van der Waals surface area contributed by atoms with Crippen molar-refractivity contribution in [1.29, 1.82) is 5.26 Å². The summed E-state index contributed by atoms with van der Waals surface area (Å²) in [5.41, 5.74) is 6.39. The first kappa shape index (κ1) is 13.6. The van der Waals surface area contributed by atoms with E-state index >= 15 is 0 Å². The molecule has 0 radical (unpaired) electrons. The third-order valence-electron chi connectivity index (χ3n) is 2.66. The van der Waals surface area contributed by atoms with Crippen molar-refractivity contribution in [2.75, 3.05) is 6.61 Å². The lowest BCUT2D eigenvalue weighted by Crippen LogP contribution is -2.40. The standard InChI is InChI=1S/C13H17FN2O/c1-3-13(2,16)9-17-8-10-4-5-12(14)11(6-10)7-15/h4-6H,3,8-9,16H2,1-2H3. The Morgan fingerprint density at radius 1 is 1.53 bits per heavy atom.